The first-order valence-electron chi connectivity index (χ1n) is 3.20. The fourth-order valence-corrected chi connectivity index (χ4v) is 0.378. The number of hydrogen-bond acceptors (Lipinski definition) is 1. The molecule has 0 bridgehead atoms. The molecule has 2 heteroatoms. The summed E-state index contributed by atoms with van der Waals surface area (Å²) in [6, 6.07) is 0. The molecular formula is C7H16ClN. The van der Waals surface area contributed by atoms with Crippen LogP contribution in [0.5, 0.6) is 0 Å². The van der Waals surface area contributed by atoms with Crippen molar-refractivity contribution in [1.29, 1.82) is 0 Å². The van der Waals surface area contributed by atoms with Crippen molar-refractivity contribution >= 4 is 12.4 Å². The highest BCUT2D eigenvalue weighted by Crippen LogP contribution is 1.93. The summed E-state index contributed by atoms with van der Waals surface area (Å²) in [6.07, 6.45) is 3.22. The first kappa shape index (κ1) is 11.6. The first-order chi connectivity index (χ1) is 3.81. The van der Waals surface area contributed by atoms with Gasteiger partial charge in [0.1, 0.15) is 0 Å². The van der Waals surface area contributed by atoms with E-state index in [0.717, 1.165) is 13.0 Å². The maximum absolute atomic E-state index is 3.14. The zero-order valence-corrected chi connectivity index (χ0v) is 7.22. The number of rotatable bonds is 3. The highest BCUT2D eigenvalue weighted by atomic mass is 35.5. The van der Waals surface area contributed by atoms with Crippen LogP contribution in [0.4, 0.5) is 0 Å². The van der Waals surface area contributed by atoms with Gasteiger partial charge in [-0.2, -0.15) is 0 Å². The largest absolute Gasteiger partial charge is 0.391 e. The van der Waals surface area contributed by atoms with Gasteiger partial charge in [-0.25, -0.2) is 0 Å². The molecule has 0 aliphatic rings. The zero-order chi connectivity index (χ0) is 6.41. The fraction of sp³-hybridized carbons (Fsp3) is 0.714. The van der Waals surface area contributed by atoms with E-state index in [1.165, 1.54) is 5.57 Å². The van der Waals surface area contributed by atoms with Crippen molar-refractivity contribution < 1.29 is 0 Å². The molecule has 0 aliphatic heterocycles. The van der Waals surface area contributed by atoms with Crippen molar-refractivity contribution in [3.05, 3.63) is 11.8 Å². The number of allylic oxidation sites excluding steroid dienone is 1. The van der Waals surface area contributed by atoms with Crippen molar-refractivity contribution in [2.45, 2.75) is 27.2 Å². The molecule has 0 heterocycles. The van der Waals surface area contributed by atoms with Gasteiger partial charge >= 0.3 is 0 Å². The van der Waals surface area contributed by atoms with Crippen molar-refractivity contribution in [2.24, 2.45) is 0 Å². The molecular weight excluding hydrogens is 134 g/mol. The lowest BCUT2D eigenvalue weighted by Gasteiger charge is -1.95. The molecule has 0 aliphatic carbocycles. The van der Waals surface area contributed by atoms with E-state index in [0.29, 0.717) is 0 Å². The molecule has 0 radical (unpaired) electrons. The molecule has 0 amide bonds. The van der Waals surface area contributed by atoms with Crippen LogP contribution in [0.25, 0.3) is 0 Å². The molecule has 0 atom stereocenters. The van der Waals surface area contributed by atoms with Gasteiger partial charge in [0.05, 0.1) is 0 Å². The Bertz CT molecular complexity index is 79.0. The van der Waals surface area contributed by atoms with Gasteiger partial charge in [0, 0.05) is 6.54 Å². The molecule has 9 heavy (non-hydrogen) atoms. The van der Waals surface area contributed by atoms with Crippen LogP contribution in [0.1, 0.15) is 27.2 Å². The molecule has 1 N–H and O–H groups in total. The monoisotopic (exact) mass is 149 g/mol. The van der Waals surface area contributed by atoms with E-state index < -0.39 is 0 Å². The second-order valence-electron chi connectivity index (χ2n) is 1.90. The Morgan fingerprint density at radius 1 is 1.44 bits per heavy atom. The van der Waals surface area contributed by atoms with Crippen LogP contribution in [0.2, 0.25) is 0 Å². The molecule has 0 rings (SSSR count). The van der Waals surface area contributed by atoms with E-state index >= 15 is 0 Å². The summed E-state index contributed by atoms with van der Waals surface area (Å²) < 4.78 is 0. The standard InChI is InChI=1S/C7H15N.ClH/c1-4-7(3)6-8-5-2;/h6,8H,4-5H2,1-3H3;1H/b7-6+;. The van der Waals surface area contributed by atoms with Crippen molar-refractivity contribution in [2.75, 3.05) is 6.54 Å². The molecule has 56 valence electrons. The summed E-state index contributed by atoms with van der Waals surface area (Å²) in [5, 5.41) is 3.14. The van der Waals surface area contributed by atoms with Crippen LogP contribution in [0.3, 0.4) is 0 Å². The lowest BCUT2D eigenvalue weighted by Crippen LogP contribution is -2.02. The van der Waals surface area contributed by atoms with Crippen LogP contribution >= 0.6 is 12.4 Å². The van der Waals surface area contributed by atoms with E-state index in [1.807, 2.05) is 0 Å². The molecule has 0 fully saturated rings. The number of nitrogens with one attached hydrogen (secondary N) is 1. The third-order valence-electron chi connectivity index (χ3n) is 1.11. The second kappa shape index (κ2) is 7.83. The van der Waals surface area contributed by atoms with E-state index in [9.17, 15) is 0 Å². The Hall–Kier alpha value is -0.170. The van der Waals surface area contributed by atoms with E-state index in [-0.39, 0.29) is 12.4 Å². The smallest absolute Gasteiger partial charge is 0.0113 e. The van der Waals surface area contributed by atoms with Crippen molar-refractivity contribution in [3.63, 3.8) is 0 Å². The Morgan fingerprint density at radius 2 is 2.00 bits per heavy atom. The fourth-order valence-electron chi connectivity index (χ4n) is 0.378. The zero-order valence-electron chi connectivity index (χ0n) is 6.40. The Labute approximate surface area is 63.9 Å². The minimum absolute atomic E-state index is 0. The minimum Gasteiger partial charge on any atom is -0.391 e. The van der Waals surface area contributed by atoms with Crippen molar-refractivity contribution in [3.8, 4) is 0 Å². The maximum atomic E-state index is 3.14. The molecule has 0 aromatic heterocycles. The number of hydrogen-bond donors (Lipinski definition) is 1. The molecule has 0 unspecified atom stereocenters. The van der Waals surface area contributed by atoms with Gasteiger partial charge in [-0.05, 0) is 26.5 Å². The van der Waals surface area contributed by atoms with Crippen LogP contribution in [0.15, 0.2) is 11.8 Å². The lowest BCUT2D eigenvalue weighted by molar-refractivity contribution is 0.894. The highest BCUT2D eigenvalue weighted by Gasteiger charge is 1.78. The summed E-state index contributed by atoms with van der Waals surface area (Å²) in [4.78, 5) is 0. The van der Waals surface area contributed by atoms with Crippen LogP contribution in [-0.4, -0.2) is 6.54 Å². The minimum atomic E-state index is 0. The topological polar surface area (TPSA) is 12.0 Å². The summed E-state index contributed by atoms with van der Waals surface area (Å²) in [5.41, 5.74) is 1.41. The van der Waals surface area contributed by atoms with Gasteiger partial charge in [0.15, 0.2) is 0 Å². The van der Waals surface area contributed by atoms with E-state index in [1.54, 1.807) is 0 Å². The quantitative estimate of drug-likeness (QED) is 0.650. The third-order valence-corrected chi connectivity index (χ3v) is 1.11. The van der Waals surface area contributed by atoms with Gasteiger partial charge in [0.2, 0.25) is 0 Å². The van der Waals surface area contributed by atoms with Crippen LogP contribution in [-0.2, 0) is 0 Å². The normalized spacial score (nSPS) is 10.3. The average molecular weight is 150 g/mol. The average Bonchev–Trinajstić information content (AvgIpc) is 1.83. The van der Waals surface area contributed by atoms with Gasteiger partial charge < -0.3 is 5.32 Å². The molecule has 0 saturated carbocycles. The molecule has 1 nitrogen and oxygen atoms in total. The maximum Gasteiger partial charge on any atom is 0.0113 e. The Kier molecular flexibility index (Phi) is 10.1. The SMILES string of the molecule is CCN/C=C(\C)CC.Cl. The summed E-state index contributed by atoms with van der Waals surface area (Å²) in [5.74, 6) is 0. The summed E-state index contributed by atoms with van der Waals surface area (Å²) in [6.45, 7) is 7.41. The Morgan fingerprint density at radius 3 is 2.33 bits per heavy atom. The van der Waals surface area contributed by atoms with Crippen molar-refractivity contribution in [1.82, 2.24) is 5.32 Å². The van der Waals surface area contributed by atoms with Gasteiger partial charge in [0.25, 0.3) is 0 Å². The summed E-state index contributed by atoms with van der Waals surface area (Å²) in [7, 11) is 0. The second-order valence-corrected chi connectivity index (χ2v) is 1.90. The molecule has 0 spiro atoms. The predicted octanol–water partition coefficient (Wildman–Crippen LogP) is 2.33. The van der Waals surface area contributed by atoms with E-state index in [4.69, 9.17) is 0 Å². The third kappa shape index (κ3) is 7.83. The lowest BCUT2D eigenvalue weighted by atomic mass is 10.3. The molecule has 0 aromatic rings. The molecule has 0 saturated heterocycles. The van der Waals surface area contributed by atoms with E-state index in [2.05, 4.69) is 32.3 Å². The van der Waals surface area contributed by atoms with Gasteiger partial charge in [-0.3, -0.25) is 0 Å². The predicted molar refractivity (Wildman–Crippen MR) is 45.0 cm³/mol. The van der Waals surface area contributed by atoms with Gasteiger partial charge in [-0.15, -0.1) is 12.4 Å². The number of halogens is 1. The molecule has 0 aromatic carbocycles. The van der Waals surface area contributed by atoms with Gasteiger partial charge in [-0.1, -0.05) is 12.5 Å². The van der Waals surface area contributed by atoms with Crippen LogP contribution < -0.4 is 5.32 Å². The van der Waals surface area contributed by atoms with Crippen LogP contribution in [0, 0.1) is 0 Å². The summed E-state index contributed by atoms with van der Waals surface area (Å²) >= 11 is 0. The highest BCUT2D eigenvalue weighted by molar-refractivity contribution is 5.85. The first-order valence-corrected chi connectivity index (χ1v) is 3.20. The Balaban J connectivity index is 0.